The number of anilines is 1. The average Bonchev–Trinajstić information content (AvgIpc) is 2.88. The van der Waals surface area contributed by atoms with Crippen molar-refractivity contribution in [2.24, 2.45) is 0 Å². The number of thioether (sulfide) groups is 1. The highest BCUT2D eigenvalue weighted by Gasteiger charge is 2.09. The second kappa shape index (κ2) is 7.66. The first-order chi connectivity index (χ1) is 10.1. The summed E-state index contributed by atoms with van der Waals surface area (Å²) in [6, 6.07) is 5.86. The lowest BCUT2D eigenvalue weighted by Crippen LogP contribution is -2.15. The maximum absolute atomic E-state index is 12.0. The van der Waals surface area contributed by atoms with Crippen LogP contribution in [0.2, 0.25) is 0 Å². The van der Waals surface area contributed by atoms with E-state index in [1.165, 1.54) is 11.8 Å². The van der Waals surface area contributed by atoms with Crippen molar-refractivity contribution in [2.45, 2.75) is 32.0 Å². The van der Waals surface area contributed by atoms with Gasteiger partial charge in [-0.3, -0.25) is 4.79 Å². The lowest BCUT2D eigenvalue weighted by molar-refractivity contribution is -0.113. The highest BCUT2D eigenvalue weighted by Crippen LogP contribution is 2.24. The van der Waals surface area contributed by atoms with Gasteiger partial charge < -0.3 is 9.88 Å². The summed E-state index contributed by atoms with van der Waals surface area (Å²) in [6.07, 6.45) is 4.76. The Morgan fingerprint density at radius 1 is 1.48 bits per heavy atom. The molecule has 0 atom stereocenters. The molecule has 1 heterocycles. The molecule has 6 heteroatoms. The summed E-state index contributed by atoms with van der Waals surface area (Å²) in [6.45, 7) is 5.06. The zero-order valence-corrected chi connectivity index (χ0v) is 14.5. The Morgan fingerprint density at radius 2 is 2.29 bits per heavy atom. The van der Waals surface area contributed by atoms with Gasteiger partial charge in [0.25, 0.3) is 0 Å². The van der Waals surface area contributed by atoms with Crippen LogP contribution in [0.15, 0.2) is 40.2 Å². The van der Waals surface area contributed by atoms with Gasteiger partial charge >= 0.3 is 0 Å². The quantitative estimate of drug-likeness (QED) is 0.781. The van der Waals surface area contributed by atoms with E-state index in [-0.39, 0.29) is 5.91 Å². The number of carbonyl (C=O) groups excluding carboxylic acids is 1. The summed E-state index contributed by atoms with van der Waals surface area (Å²) in [7, 11) is 0. The Balaban J connectivity index is 1.91. The lowest BCUT2D eigenvalue weighted by atomic mass is 10.2. The number of carbonyl (C=O) groups is 1. The zero-order chi connectivity index (χ0) is 15.2. The number of nitrogens with zero attached hydrogens (tertiary/aromatic N) is 2. The Hall–Kier alpha value is -1.27. The highest BCUT2D eigenvalue weighted by atomic mass is 79.9. The van der Waals surface area contributed by atoms with Crippen LogP contribution in [0.25, 0.3) is 0 Å². The number of benzene rings is 1. The van der Waals surface area contributed by atoms with Gasteiger partial charge in [0.2, 0.25) is 5.91 Å². The molecule has 0 fully saturated rings. The fourth-order valence-electron chi connectivity index (χ4n) is 1.88. The molecular weight excluding hydrogens is 350 g/mol. The second-order valence-corrected chi connectivity index (χ2v) is 6.52. The number of rotatable bonds is 6. The summed E-state index contributed by atoms with van der Waals surface area (Å²) in [5.74, 6) is 0.316. The van der Waals surface area contributed by atoms with Crippen molar-refractivity contribution in [2.75, 3.05) is 11.1 Å². The molecule has 0 unspecified atom stereocenters. The van der Waals surface area contributed by atoms with Gasteiger partial charge in [-0.15, -0.1) is 0 Å². The number of amides is 1. The molecule has 0 radical (unpaired) electrons. The van der Waals surface area contributed by atoms with E-state index < -0.39 is 0 Å². The summed E-state index contributed by atoms with van der Waals surface area (Å²) in [5, 5.41) is 3.79. The standard InChI is InChI=1S/C15H18BrN3OS/c1-3-7-19-8-6-17-15(19)21-10-14(20)18-13-5-4-11(2)9-12(13)16/h4-6,8-9H,3,7,10H2,1-2H3,(H,18,20). The smallest absolute Gasteiger partial charge is 0.234 e. The van der Waals surface area contributed by atoms with E-state index in [4.69, 9.17) is 0 Å². The number of aromatic nitrogens is 2. The Bertz CT molecular complexity index is 627. The van der Waals surface area contributed by atoms with E-state index in [1.807, 2.05) is 31.3 Å². The molecule has 2 rings (SSSR count). The van der Waals surface area contributed by atoms with E-state index in [1.54, 1.807) is 6.20 Å². The van der Waals surface area contributed by atoms with Gasteiger partial charge in [-0.25, -0.2) is 4.98 Å². The van der Waals surface area contributed by atoms with E-state index in [9.17, 15) is 4.79 Å². The number of hydrogen-bond donors (Lipinski definition) is 1. The molecule has 2 aromatic rings. The van der Waals surface area contributed by atoms with Crippen LogP contribution in [0.4, 0.5) is 5.69 Å². The molecule has 0 saturated carbocycles. The summed E-state index contributed by atoms with van der Waals surface area (Å²) >= 11 is 4.91. The minimum absolute atomic E-state index is 0.0319. The van der Waals surface area contributed by atoms with Crippen molar-refractivity contribution in [3.63, 3.8) is 0 Å². The van der Waals surface area contributed by atoms with Crippen molar-refractivity contribution in [1.29, 1.82) is 0 Å². The van der Waals surface area contributed by atoms with Crippen LogP contribution in [0, 0.1) is 6.92 Å². The fourth-order valence-corrected chi connectivity index (χ4v) is 3.26. The number of hydrogen-bond acceptors (Lipinski definition) is 3. The maximum Gasteiger partial charge on any atom is 0.234 e. The van der Waals surface area contributed by atoms with Crippen LogP contribution >= 0.6 is 27.7 Å². The van der Waals surface area contributed by atoms with Crippen molar-refractivity contribution < 1.29 is 4.79 Å². The number of aryl methyl sites for hydroxylation is 2. The molecule has 4 nitrogen and oxygen atoms in total. The highest BCUT2D eigenvalue weighted by molar-refractivity contribution is 9.10. The molecule has 0 aliphatic heterocycles. The molecule has 0 spiro atoms. The molecule has 0 saturated heterocycles. The molecule has 21 heavy (non-hydrogen) atoms. The Labute approximate surface area is 137 Å². The minimum Gasteiger partial charge on any atom is -0.326 e. The largest absolute Gasteiger partial charge is 0.326 e. The fraction of sp³-hybridized carbons (Fsp3) is 0.333. The van der Waals surface area contributed by atoms with Gasteiger partial charge in [-0.05, 0) is 47.0 Å². The van der Waals surface area contributed by atoms with E-state index in [0.29, 0.717) is 5.75 Å². The number of nitrogens with one attached hydrogen (secondary N) is 1. The van der Waals surface area contributed by atoms with Gasteiger partial charge in [0, 0.05) is 23.4 Å². The topological polar surface area (TPSA) is 46.9 Å². The number of halogens is 1. The predicted octanol–water partition coefficient (Wildman–Crippen LogP) is 4.09. The monoisotopic (exact) mass is 367 g/mol. The number of imidazole rings is 1. The van der Waals surface area contributed by atoms with Crippen molar-refractivity contribution in [1.82, 2.24) is 9.55 Å². The van der Waals surface area contributed by atoms with Crippen LogP contribution < -0.4 is 5.32 Å². The molecule has 0 aliphatic carbocycles. The van der Waals surface area contributed by atoms with Crippen molar-refractivity contribution in [3.05, 3.63) is 40.6 Å². The minimum atomic E-state index is -0.0319. The van der Waals surface area contributed by atoms with E-state index >= 15 is 0 Å². The first-order valence-corrected chi connectivity index (χ1v) is 8.58. The van der Waals surface area contributed by atoms with Gasteiger partial charge in [-0.2, -0.15) is 0 Å². The van der Waals surface area contributed by atoms with Gasteiger partial charge in [0.1, 0.15) is 0 Å². The van der Waals surface area contributed by atoms with Crippen LogP contribution in [-0.4, -0.2) is 21.2 Å². The summed E-state index contributed by atoms with van der Waals surface area (Å²) in [4.78, 5) is 16.3. The van der Waals surface area contributed by atoms with Crippen LogP contribution in [0.5, 0.6) is 0 Å². The third-order valence-corrected chi connectivity index (χ3v) is 4.53. The van der Waals surface area contributed by atoms with Gasteiger partial charge in [-0.1, -0.05) is 24.8 Å². The van der Waals surface area contributed by atoms with E-state index in [0.717, 1.165) is 33.8 Å². The van der Waals surface area contributed by atoms with E-state index in [2.05, 4.69) is 37.7 Å². The normalized spacial score (nSPS) is 10.6. The third kappa shape index (κ3) is 4.61. The van der Waals surface area contributed by atoms with Crippen LogP contribution in [0.1, 0.15) is 18.9 Å². The Morgan fingerprint density at radius 3 is 3.00 bits per heavy atom. The first kappa shape index (κ1) is 16.1. The van der Waals surface area contributed by atoms with Gasteiger partial charge in [0.15, 0.2) is 5.16 Å². The van der Waals surface area contributed by atoms with Crippen LogP contribution in [-0.2, 0) is 11.3 Å². The molecule has 0 aliphatic rings. The molecule has 112 valence electrons. The van der Waals surface area contributed by atoms with Gasteiger partial charge in [0.05, 0.1) is 11.4 Å². The summed E-state index contributed by atoms with van der Waals surface area (Å²) in [5.41, 5.74) is 1.94. The maximum atomic E-state index is 12.0. The molecule has 1 aromatic carbocycles. The lowest BCUT2D eigenvalue weighted by Gasteiger charge is -2.08. The van der Waals surface area contributed by atoms with Crippen LogP contribution in [0.3, 0.4) is 0 Å². The second-order valence-electron chi connectivity index (χ2n) is 4.72. The molecule has 0 bridgehead atoms. The molecule has 1 aromatic heterocycles. The van der Waals surface area contributed by atoms with Crippen molar-refractivity contribution >= 4 is 39.3 Å². The predicted molar refractivity (Wildman–Crippen MR) is 90.8 cm³/mol. The summed E-state index contributed by atoms with van der Waals surface area (Å²) < 4.78 is 2.97. The average molecular weight is 368 g/mol. The molecule has 1 N–H and O–H groups in total. The Kier molecular flexibility index (Phi) is 5.87. The SMILES string of the molecule is CCCn1ccnc1SCC(=O)Nc1ccc(C)cc1Br. The third-order valence-electron chi connectivity index (χ3n) is 2.87. The van der Waals surface area contributed by atoms with Crippen molar-refractivity contribution in [3.8, 4) is 0 Å². The first-order valence-electron chi connectivity index (χ1n) is 6.80. The zero-order valence-electron chi connectivity index (χ0n) is 12.1. The molecule has 1 amide bonds. The molecular formula is C15H18BrN3OS.